The number of fused-ring (bicyclic) bond motifs is 3. The highest BCUT2D eigenvalue weighted by molar-refractivity contribution is 5.76. The van der Waals surface area contributed by atoms with Crippen molar-refractivity contribution in [2.75, 3.05) is 14.2 Å². The number of amides is 2. The van der Waals surface area contributed by atoms with Crippen molar-refractivity contribution in [3.63, 3.8) is 0 Å². The highest BCUT2D eigenvalue weighted by atomic mass is 16.5. The van der Waals surface area contributed by atoms with Crippen molar-refractivity contribution in [2.45, 2.75) is 26.1 Å². The summed E-state index contributed by atoms with van der Waals surface area (Å²) in [5.41, 5.74) is 6.36. The molecule has 0 aliphatic carbocycles. The number of aromatic nitrogens is 1. The lowest BCUT2D eigenvalue weighted by molar-refractivity contribution is 0.180. The minimum atomic E-state index is -0.324. The van der Waals surface area contributed by atoms with Gasteiger partial charge in [0.2, 0.25) is 0 Å². The van der Waals surface area contributed by atoms with Crippen LogP contribution in [0.25, 0.3) is 5.69 Å². The molecule has 0 saturated carbocycles. The van der Waals surface area contributed by atoms with E-state index in [0.717, 1.165) is 28.1 Å². The Labute approximate surface area is 205 Å². The third-order valence-corrected chi connectivity index (χ3v) is 6.51. The summed E-state index contributed by atoms with van der Waals surface area (Å²) >= 11 is 0. The van der Waals surface area contributed by atoms with E-state index in [-0.39, 0.29) is 12.1 Å². The van der Waals surface area contributed by atoms with E-state index in [9.17, 15) is 4.79 Å². The molecule has 0 bridgehead atoms. The van der Waals surface area contributed by atoms with Gasteiger partial charge in [-0.05, 0) is 53.9 Å². The Morgan fingerprint density at radius 3 is 2.49 bits per heavy atom. The maximum atomic E-state index is 13.7. The molecule has 2 amide bonds. The molecule has 1 aliphatic rings. The monoisotopic (exact) mass is 467 g/mol. The van der Waals surface area contributed by atoms with Crippen LogP contribution in [-0.4, -0.2) is 29.7 Å². The molecule has 3 aromatic carbocycles. The van der Waals surface area contributed by atoms with Crippen LogP contribution < -0.4 is 14.8 Å². The molecule has 1 aromatic heterocycles. The second-order valence-corrected chi connectivity index (χ2v) is 8.72. The first-order chi connectivity index (χ1) is 17.1. The van der Waals surface area contributed by atoms with Gasteiger partial charge in [0.25, 0.3) is 0 Å². The lowest BCUT2D eigenvalue weighted by Gasteiger charge is -2.31. The molecule has 0 fully saturated rings. The van der Waals surface area contributed by atoms with Crippen LogP contribution in [-0.2, 0) is 13.1 Å². The summed E-state index contributed by atoms with van der Waals surface area (Å²) in [6.45, 7) is 2.98. The second-order valence-electron chi connectivity index (χ2n) is 8.72. The number of nitrogens with zero attached hydrogens (tertiary/aromatic N) is 2. The zero-order valence-corrected chi connectivity index (χ0v) is 20.2. The Hall–Kier alpha value is -4.19. The van der Waals surface area contributed by atoms with E-state index in [1.165, 1.54) is 5.56 Å². The van der Waals surface area contributed by atoms with E-state index in [1.54, 1.807) is 14.2 Å². The molecule has 1 atom stereocenters. The summed E-state index contributed by atoms with van der Waals surface area (Å²) in [4.78, 5) is 15.6. The maximum absolute atomic E-state index is 13.7. The quantitative estimate of drug-likeness (QED) is 0.415. The lowest BCUT2D eigenvalue weighted by Crippen LogP contribution is -2.41. The Morgan fingerprint density at radius 1 is 0.943 bits per heavy atom. The van der Waals surface area contributed by atoms with Crippen molar-refractivity contribution < 1.29 is 14.3 Å². The fraction of sp³-hybridized carbons (Fsp3) is 0.207. The Morgan fingerprint density at radius 2 is 1.71 bits per heavy atom. The van der Waals surface area contributed by atoms with Crippen molar-refractivity contribution in [3.05, 3.63) is 113 Å². The van der Waals surface area contributed by atoms with Gasteiger partial charge >= 0.3 is 6.03 Å². The molecule has 5 rings (SSSR count). The van der Waals surface area contributed by atoms with Gasteiger partial charge in [0.05, 0.1) is 32.5 Å². The Kier molecular flexibility index (Phi) is 6.19. The predicted octanol–water partition coefficient (Wildman–Crippen LogP) is 5.62. The highest BCUT2D eigenvalue weighted by Gasteiger charge is 2.33. The van der Waals surface area contributed by atoms with Crippen molar-refractivity contribution in [1.29, 1.82) is 0 Å². The van der Waals surface area contributed by atoms with Gasteiger partial charge < -0.3 is 24.3 Å². The zero-order valence-electron chi connectivity index (χ0n) is 20.2. The molecule has 6 nitrogen and oxygen atoms in total. The number of para-hydroxylation sites is 1. The van der Waals surface area contributed by atoms with Crippen LogP contribution in [0, 0.1) is 6.92 Å². The van der Waals surface area contributed by atoms with Crippen molar-refractivity contribution in [2.24, 2.45) is 0 Å². The van der Waals surface area contributed by atoms with Gasteiger partial charge in [-0.1, -0.05) is 54.1 Å². The topological polar surface area (TPSA) is 55.7 Å². The SMILES string of the molecule is COc1ccc([C@@H]2c3cccn3-c3ccccc3CN2C(=O)NCc2ccc(C)cc2)cc1OC. The van der Waals surface area contributed by atoms with Crippen LogP contribution in [0.15, 0.2) is 85.1 Å². The highest BCUT2D eigenvalue weighted by Crippen LogP contribution is 2.39. The molecule has 4 aromatic rings. The Balaban J connectivity index is 1.57. The third kappa shape index (κ3) is 4.35. The summed E-state index contributed by atoms with van der Waals surface area (Å²) in [6, 6.07) is 25.9. The number of aryl methyl sites for hydroxylation is 1. The van der Waals surface area contributed by atoms with Crippen LogP contribution in [0.5, 0.6) is 11.5 Å². The molecular weight excluding hydrogens is 438 g/mol. The first-order valence-electron chi connectivity index (χ1n) is 11.7. The van der Waals surface area contributed by atoms with E-state index < -0.39 is 0 Å². The van der Waals surface area contributed by atoms with E-state index in [0.29, 0.717) is 24.6 Å². The van der Waals surface area contributed by atoms with Gasteiger partial charge in [0.15, 0.2) is 11.5 Å². The lowest BCUT2D eigenvalue weighted by atomic mass is 10.0. The average Bonchev–Trinajstić information content (AvgIpc) is 3.32. The van der Waals surface area contributed by atoms with E-state index in [1.807, 2.05) is 53.4 Å². The fourth-order valence-corrected chi connectivity index (χ4v) is 4.70. The summed E-state index contributed by atoms with van der Waals surface area (Å²) in [5.74, 6) is 1.28. The van der Waals surface area contributed by atoms with Crippen LogP contribution in [0.3, 0.4) is 0 Å². The van der Waals surface area contributed by atoms with Gasteiger partial charge in [-0.3, -0.25) is 0 Å². The van der Waals surface area contributed by atoms with Crippen molar-refractivity contribution >= 4 is 6.03 Å². The van der Waals surface area contributed by atoms with Crippen LogP contribution >= 0.6 is 0 Å². The van der Waals surface area contributed by atoms with Crippen LogP contribution in [0.4, 0.5) is 4.79 Å². The minimum absolute atomic E-state index is 0.130. The molecule has 178 valence electrons. The first kappa shape index (κ1) is 22.6. The van der Waals surface area contributed by atoms with E-state index in [4.69, 9.17) is 9.47 Å². The minimum Gasteiger partial charge on any atom is -0.493 e. The summed E-state index contributed by atoms with van der Waals surface area (Å²) in [7, 11) is 3.25. The van der Waals surface area contributed by atoms with Gasteiger partial charge in [-0.2, -0.15) is 0 Å². The van der Waals surface area contributed by atoms with Crippen molar-refractivity contribution in [3.8, 4) is 17.2 Å². The number of nitrogens with one attached hydrogen (secondary N) is 1. The number of urea groups is 1. The number of rotatable bonds is 5. The molecule has 0 spiro atoms. The summed E-state index contributed by atoms with van der Waals surface area (Å²) in [6.07, 6.45) is 2.05. The molecule has 2 heterocycles. The molecule has 6 heteroatoms. The summed E-state index contributed by atoms with van der Waals surface area (Å²) in [5, 5.41) is 3.14. The van der Waals surface area contributed by atoms with Gasteiger partial charge in [-0.25, -0.2) is 4.79 Å². The fourth-order valence-electron chi connectivity index (χ4n) is 4.70. The van der Waals surface area contributed by atoms with Gasteiger partial charge in [-0.15, -0.1) is 0 Å². The Bertz CT molecular complexity index is 1340. The van der Waals surface area contributed by atoms with Gasteiger partial charge in [0.1, 0.15) is 0 Å². The normalized spacial score (nSPS) is 14.5. The smallest absolute Gasteiger partial charge is 0.318 e. The number of carbonyl (C=O) groups is 1. The number of carbonyl (C=O) groups excluding carboxylic acids is 1. The molecule has 1 N–H and O–H groups in total. The van der Waals surface area contributed by atoms with Crippen LogP contribution in [0.2, 0.25) is 0 Å². The maximum Gasteiger partial charge on any atom is 0.318 e. The predicted molar refractivity (Wildman–Crippen MR) is 136 cm³/mol. The number of benzene rings is 3. The van der Waals surface area contributed by atoms with E-state index in [2.05, 4.69) is 53.3 Å². The van der Waals surface area contributed by atoms with Crippen LogP contribution in [0.1, 0.15) is 34.0 Å². The molecule has 0 radical (unpaired) electrons. The number of methoxy groups -OCH3 is 2. The number of hydrogen-bond acceptors (Lipinski definition) is 3. The zero-order chi connectivity index (χ0) is 24.4. The number of hydrogen-bond donors (Lipinski definition) is 1. The molecule has 1 aliphatic heterocycles. The largest absolute Gasteiger partial charge is 0.493 e. The standard InChI is InChI=1S/C29H29N3O3/c1-20-10-12-21(13-11-20)18-30-29(33)32-19-23-7-4-5-8-24(23)31-16-6-9-25(31)28(32)22-14-15-26(34-2)27(17-22)35-3/h4-17,28H,18-19H2,1-3H3,(H,30,33)/t28-/m1/s1. The molecule has 0 saturated heterocycles. The molecular formula is C29H29N3O3. The second kappa shape index (κ2) is 9.58. The summed E-state index contributed by atoms with van der Waals surface area (Å²) < 4.78 is 13.2. The first-order valence-corrected chi connectivity index (χ1v) is 11.7. The average molecular weight is 468 g/mol. The van der Waals surface area contributed by atoms with Crippen molar-refractivity contribution in [1.82, 2.24) is 14.8 Å². The van der Waals surface area contributed by atoms with Gasteiger partial charge in [0, 0.05) is 18.4 Å². The number of ether oxygens (including phenoxy) is 2. The van der Waals surface area contributed by atoms with E-state index >= 15 is 0 Å². The molecule has 0 unspecified atom stereocenters. The third-order valence-electron chi connectivity index (χ3n) is 6.51. The molecule has 35 heavy (non-hydrogen) atoms.